The molecule has 0 aliphatic carbocycles. The van der Waals surface area contributed by atoms with Gasteiger partial charge < -0.3 is 14.4 Å². The van der Waals surface area contributed by atoms with Gasteiger partial charge in [-0.1, -0.05) is 18.2 Å². The van der Waals surface area contributed by atoms with E-state index in [0.29, 0.717) is 0 Å². The van der Waals surface area contributed by atoms with E-state index in [1.807, 2.05) is 0 Å². The molecule has 0 saturated carbocycles. The van der Waals surface area contributed by atoms with Gasteiger partial charge in [0.05, 0.1) is 17.1 Å². The maximum atomic E-state index is 13.0. The Kier molecular flexibility index (Phi) is 7.35. The number of nitrogens with zero attached hydrogens (tertiary/aromatic N) is 2. The van der Waals surface area contributed by atoms with Crippen LogP contribution >= 0.6 is 0 Å². The topological polar surface area (TPSA) is 76.2 Å². The molecule has 2 atom stereocenters. The number of halogens is 3. The van der Waals surface area contributed by atoms with Crippen LogP contribution in [0.4, 0.5) is 13.2 Å². The van der Waals surface area contributed by atoms with Gasteiger partial charge in [0, 0.05) is 37.8 Å². The summed E-state index contributed by atoms with van der Waals surface area (Å²) in [5, 5.41) is 0. The molecule has 2 unspecified atom stereocenters. The van der Waals surface area contributed by atoms with Gasteiger partial charge >= 0.3 is 6.36 Å². The van der Waals surface area contributed by atoms with E-state index >= 15 is 0 Å². The van der Waals surface area contributed by atoms with E-state index < -0.39 is 22.3 Å². The van der Waals surface area contributed by atoms with Gasteiger partial charge in [0.25, 0.3) is 5.91 Å². The lowest BCUT2D eigenvalue weighted by molar-refractivity contribution is -0.275. The molecule has 1 aliphatic rings. The second-order valence-electron chi connectivity index (χ2n) is 7.92. The maximum absolute atomic E-state index is 13.0. The molecule has 0 bridgehead atoms. The highest BCUT2D eigenvalue weighted by Crippen LogP contribution is 2.27. The van der Waals surface area contributed by atoms with Crippen molar-refractivity contribution >= 4 is 15.9 Å². The first-order valence-corrected chi connectivity index (χ1v) is 11.7. The minimum Gasteiger partial charge on any atom is -0.405 e. The molecule has 1 heterocycles. The summed E-state index contributed by atoms with van der Waals surface area (Å²) >= 11 is 0. The highest BCUT2D eigenvalue weighted by molar-refractivity contribution is 7.89. The minimum atomic E-state index is -4.85. The summed E-state index contributed by atoms with van der Waals surface area (Å²) in [5.41, 5.74) is 0.384. The number of morpholine rings is 1. The molecule has 1 saturated heterocycles. The Labute approximate surface area is 190 Å². The van der Waals surface area contributed by atoms with E-state index in [1.54, 1.807) is 19.9 Å². The van der Waals surface area contributed by atoms with Gasteiger partial charge in [0.2, 0.25) is 10.0 Å². The highest BCUT2D eigenvalue weighted by atomic mass is 32.2. The molecule has 1 aliphatic heterocycles. The van der Waals surface area contributed by atoms with Crippen LogP contribution in [-0.2, 0) is 21.3 Å². The summed E-state index contributed by atoms with van der Waals surface area (Å²) in [5.74, 6) is -0.866. The number of alkyl halides is 3. The summed E-state index contributed by atoms with van der Waals surface area (Å²) in [4.78, 5) is 14.1. The van der Waals surface area contributed by atoms with E-state index in [4.69, 9.17) is 4.74 Å². The van der Waals surface area contributed by atoms with Crippen LogP contribution in [0.2, 0.25) is 0 Å². The monoisotopic (exact) mass is 486 g/mol. The van der Waals surface area contributed by atoms with Crippen molar-refractivity contribution in [1.29, 1.82) is 0 Å². The lowest BCUT2D eigenvalue weighted by Gasteiger charge is -2.34. The number of carbonyl (C=O) groups is 1. The van der Waals surface area contributed by atoms with Gasteiger partial charge in [-0.05, 0) is 44.2 Å². The summed E-state index contributed by atoms with van der Waals surface area (Å²) in [6.45, 7) is 3.93. The van der Waals surface area contributed by atoms with Crippen molar-refractivity contribution < 1.29 is 35.9 Å². The van der Waals surface area contributed by atoms with Gasteiger partial charge in [-0.15, -0.1) is 13.2 Å². The fourth-order valence-electron chi connectivity index (χ4n) is 3.65. The van der Waals surface area contributed by atoms with Crippen LogP contribution in [0.5, 0.6) is 5.75 Å². The zero-order valence-electron chi connectivity index (χ0n) is 18.4. The third-order valence-electron chi connectivity index (χ3n) is 5.08. The molecule has 7 nitrogen and oxygen atoms in total. The number of sulfonamides is 1. The third-order valence-corrected chi connectivity index (χ3v) is 6.92. The minimum absolute atomic E-state index is 0.0481. The van der Waals surface area contributed by atoms with Crippen LogP contribution in [0, 0.1) is 0 Å². The summed E-state index contributed by atoms with van der Waals surface area (Å²) in [7, 11) is -2.32. The van der Waals surface area contributed by atoms with Crippen LogP contribution in [0.25, 0.3) is 0 Å². The first kappa shape index (κ1) is 25.0. The first-order chi connectivity index (χ1) is 15.4. The van der Waals surface area contributed by atoms with Crippen LogP contribution in [0.3, 0.4) is 0 Å². The second kappa shape index (κ2) is 9.70. The zero-order chi connectivity index (χ0) is 24.4. The van der Waals surface area contributed by atoms with Crippen LogP contribution in [-0.4, -0.2) is 62.2 Å². The fourth-order valence-corrected chi connectivity index (χ4v) is 5.24. The van der Waals surface area contributed by atoms with Gasteiger partial charge in [0.1, 0.15) is 5.75 Å². The van der Waals surface area contributed by atoms with E-state index in [2.05, 4.69) is 4.74 Å². The molecule has 3 rings (SSSR count). The largest absolute Gasteiger partial charge is 0.573 e. The van der Waals surface area contributed by atoms with Crippen LogP contribution < -0.4 is 4.74 Å². The summed E-state index contributed by atoms with van der Waals surface area (Å²) in [6, 6.07) is 11.0. The normalized spacial score (nSPS) is 19.8. The third kappa shape index (κ3) is 6.24. The van der Waals surface area contributed by atoms with E-state index in [0.717, 1.165) is 0 Å². The average molecular weight is 487 g/mol. The molecule has 11 heteroatoms. The number of hydrogen-bond donors (Lipinski definition) is 0. The molecule has 2 aromatic carbocycles. The van der Waals surface area contributed by atoms with Gasteiger partial charge in [-0.3, -0.25) is 4.79 Å². The number of amides is 1. The average Bonchev–Trinajstić information content (AvgIpc) is 2.73. The van der Waals surface area contributed by atoms with Crippen molar-refractivity contribution in [2.75, 3.05) is 20.1 Å². The summed E-state index contributed by atoms with van der Waals surface area (Å²) in [6.07, 6.45) is -5.32. The standard InChI is InChI=1S/C22H25F3N2O5S/c1-15-12-27(13-16(2)31-15)33(29,30)19-10-8-17(9-11-19)21(28)26(3)14-18-6-4-5-7-20(18)32-22(23,24)25/h4-11,15-16H,12-14H2,1-3H3. The van der Waals surface area contributed by atoms with E-state index in [1.165, 1.54) is 58.7 Å². The van der Waals surface area contributed by atoms with Crippen molar-refractivity contribution in [3.05, 3.63) is 59.7 Å². The number of hydrogen-bond acceptors (Lipinski definition) is 5. The predicted octanol–water partition coefficient (Wildman–Crippen LogP) is 3.66. The quantitative estimate of drug-likeness (QED) is 0.623. The highest BCUT2D eigenvalue weighted by Gasteiger charge is 2.33. The van der Waals surface area contributed by atoms with Crippen molar-refractivity contribution in [2.24, 2.45) is 0 Å². The molecule has 1 amide bonds. The lowest BCUT2D eigenvalue weighted by Crippen LogP contribution is -2.48. The SMILES string of the molecule is CC1CN(S(=O)(=O)c2ccc(C(=O)N(C)Cc3ccccc3OC(F)(F)F)cc2)CC(C)O1. The summed E-state index contributed by atoms with van der Waals surface area (Å²) < 4.78 is 74.8. The second-order valence-corrected chi connectivity index (χ2v) is 9.86. The van der Waals surface area contributed by atoms with E-state index in [-0.39, 0.29) is 53.6 Å². The number of carbonyl (C=O) groups excluding carboxylic acids is 1. The molecule has 33 heavy (non-hydrogen) atoms. The Hall–Kier alpha value is -2.63. The molecule has 0 aromatic heterocycles. The zero-order valence-corrected chi connectivity index (χ0v) is 19.2. The molecule has 0 spiro atoms. The smallest absolute Gasteiger partial charge is 0.405 e. The van der Waals surface area contributed by atoms with Crippen LogP contribution in [0.1, 0.15) is 29.8 Å². The number of rotatable bonds is 6. The van der Waals surface area contributed by atoms with Gasteiger partial charge in [0.15, 0.2) is 0 Å². The number of ether oxygens (including phenoxy) is 2. The molecule has 0 radical (unpaired) electrons. The first-order valence-electron chi connectivity index (χ1n) is 10.2. The predicted molar refractivity (Wildman–Crippen MR) is 114 cm³/mol. The van der Waals surface area contributed by atoms with Gasteiger partial charge in [-0.25, -0.2) is 8.42 Å². The Bertz CT molecular complexity index is 1080. The molecular formula is C22H25F3N2O5S. The molecule has 0 N–H and O–H groups in total. The van der Waals surface area contributed by atoms with Crippen molar-refractivity contribution in [3.63, 3.8) is 0 Å². The molecule has 2 aromatic rings. The van der Waals surface area contributed by atoms with Crippen molar-refractivity contribution in [1.82, 2.24) is 9.21 Å². The van der Waals surface area contributed by atoms with Gasteiger partial charge in [-0.2, -0.15) is 4.31 Å². The van der Waals surface area contributed by atoms with Crippen LogP contribution in [0.15, 0.2) is 53.4 Å². The molecule has 180 valence electrons. The fraction of sp³-hybridized carbons (Fsp3) is 0.409. The number of para-hydroxylation sites is 1. The van der Waals surface area contributed by atoms with Crippen molar-refractivity contribution in [3.8, 4) is 5.75 Å². The Morgan fingerprint density at radius 1 is 1.09 bits per heavy atom. The molecule has 1 fully saturated rings. The molecular weight excluding hydrogens is 461 g/mol. The Balaban J connectivity index is 1.73. The van der Waals surface area contributed by atoms with Crippen molar-refractivity contribution in [2.45, 2.75) is 43.9 Å². The Morgan fingerprint density at radius 2 is 1.67 bits per heavy atom. The Morgan fingerprint density at radius 3 is 2.24 bits per heavy atom. The number of benzene rings is 2. The lowest BCUT2D eigenvalue weighted by atomic mass is 10.1. The van der Waals surface area contributed by atoms with E-state index in [9.17, 15) is 26.4 Å². The maximum Gasteiger partial charge on any atom is 0.573 e.